The molecule has 0 saturated carbocycles. The number of carbonyl (C=O) groups excluding carboxylic acids is 2. The van der Waals surface area contributed by atoms with E-state index in [1.807, 2.05) is 32.0 Å². The van der Waals surface area contributed by atoms with Gasteiger partial charge in [-0.25, -0.2) is 4.79 Å². The molecule has 0 saturated heterocycles. The highest BCUT2D eigenvalue weighted by Gasteiger charge is 2.18. The molecule has 6 nitrogen and oxygen atoms in total. The van der Waals surface area contributed by atoms with Gasteiger partial charge in [-0.2, -0.15) is 5.26 Å². The highest BCUT2D eigenvalue weighted by Crippen LogP contribution is 2.16. The van der Waals surface area contributed by atoms with Crippen LogP contribution < -0.4 is 10.1 Å². The number of benzene rings is 2. The lowest BCUT2D eigenvalue weighted by molar-refractivity contribution is -0.153. The number of anilines is 1. The highest BCUT2D eigenvalue weighted by molar-refractivity contribution is 5.93. The van der Waals surface area contributed by atoms with Gasteiger partial charge in [-0.05, 0) is 56.7 Å². The number of nitrogens with one attached hydrogen (secondary N) is 1. The molecule has 134 valence electrons. The number of rotatable bonds is 6. The van der Waals surface area contributed by atoms with Crippen molar-refractivity contribution in [2.75, 3.05) is 11.9 Å². The largest absolute Gasteiger partial charge is 0.479 e. The first kappa shape index (κ1) is 19.0. The molecule has 0 aliphatic carbocycles. The molecule has 2 aromatic rings. The van der Waals surface area contributed by atoms with Gasteiger partial charge in [-0.15, -0.1) is 0 Å². The first-order valence-corrected chi connectivity index (χ1v) is 8.09. The first-order valence-electron chi connectivity index (χ1n) is 8.09. The van der Waals surface area contributed by atoms with Crippen LogP contribution in [0.25, 0.3) is 0 Å². The minimum Gasteiger partial charge on any atom is -0.479 e. The van der Waals surface area contributed by atoms with Crippen LogP contribution in [-0.2, 0) is 14.3 Å². The lowest BCUT2D eigenvalue weighted by atomic mass is 10.1. The molecule has 0 aliphatic rings. The first-order chi connectivity index (χ1) is 12.4. The SMILES string of the molecule is Cc1ccc(NC(=O)COC(=O)[C@H](C)Oc2ccc(C#N)cc2)c(C)c1. The molecule has 2 rings (SSSR count). The van der Waals surface area contributed by atoms with Crippen LogP contribution in [-0.4, -0.2) is 24.6 Å². The number of hydrogen-bond acceptors (Lipinski definition) is 5. The quantitative estimate of drug-likeness (QED) is 0.807. The summed E-state index contributed by atoms with van der Waals surface area (Å²) in [6, 6.07) is 14.0. The van der Waals surface area contributed by atoms with Gasteiger partial charge in [0.1, 0.15) is 5.75 Å². The van der Waals surface area contributed by atoms with E-state index in [0.717, 1.165) is 11.1 Å². The van der Waals surface area contributed by atoms with Crippen LogP contribution in [0.2, 0.25) is 0 Å². The Balaban J connectivity index is 1.82. The van der Waals surface area contributed by atoms with Crippen LogP contribution >= 0.6 is 0 Å². The maximum absolute atomic E-state index is 12.0. The van der Waals surface area contributed by atoms with E-state index in [4.69, 9.17) is 14.7 Å². The molecule has 0 heterocycles. The van der Waals surface area contributed by atoms with Gasteiger partial charge in [0.2, 0.25) is 0 Å². The summed E-state index contributed by atoms with van der Waals surface area (Å²) < 4.78 is 10.4. The molecule has 0 radical (unpaired) electrons. The van der Waals surface area contributed by atoms with Gasteiger partial charge in [-0.3, -0.25) is 4.79 Å². The van der Waals surface area contributed by atoms with Crippen molar-refractivity contribution < 1.29 is 19.1 Å². The standard InChI is InChI=1S/C20H20N2O4/c1-13-4-9-18(14(2)10-13)22-19(23)12-25-20(24)15(3)26-17-7-5-16(11-21)6-8-17/h4-10,15H,12H2,1-3H3,(H,22,23)/t15-/m0/s1. The number of esters is 1. The van der Waals surface area contributed by atoms with E-state index in [0.29, 0.717) is 17.0 Å². The molecule has 6 heteroatoms. The lowest BCUT2D eigenvalue weighted by Gasteiger charge is -2.14. The van der Waals surface area contributed by atoms with Crippen molar-refractivity contribution in [3.05, 3.63) is 59.2 Å². The Morgan fingerprint density at radius 2 is 1.85 bits per heavy atom. The Morgan fingerprint density at radius 1 is 1.15 bits per heavy atom. The Bertz CT molecular complexity index is 838. The zero-order valence-electron chi connectivity index (χ0n) is 14.9. The van der Waals surface area contributed by atoms with Gasteiger partial charge in [0.15, 0.2) is 12.7 Å². The third kappa shape index (κ3) is 5.35. The van der Waals surface area contributed by atoms with E-state index in [1.165, 1.54) is 6.92 Å². The number of amides is 1. The summed E-state index contributed by atoms with van der Waals surface area (Å²) in [4.78, 5) is 23.9. The summed E-state index contributed by atoms with van der Waals surface area (Å²) in [6.07, 6.45) is -0.878. The monoisotopic (exact) mass is 352 g/mol. The van der Waals surface area contributed by atoms with Crippen LogP contribution in [0.3, 0.4) is 0 Å². The lowest BCUT2D eigenvalue weighted by Crippen LogP contribution is -2.29. The van der Waals surface area contributed by atoms with E-state index in [2.05, 4.69) is 5.32 Å². The zero-order chi connectivity index (χ0) is 19.1. The fourth-order valence-corrected chi connectivity index (χ4v) is 2.25. The molecule has 1 N–H and O–H groups in total. The number of carbonyl (C=O) groups is 2. The molecule has 0 aliphatic heterocycles. The second kappa shape index (κ2) is 8.67. The molecule has 0 aromatic heterocycles. The van der Waals surface area contributed by atoms with E-state index >= 15 is 0 Å². The third-order valence-electron chi connectivity index (χ3n) is 3.63. The topological polar surface area (TPSA) is 88.4 Å². The number of ether oxygens (including phenoxy) is 2. The Labute approximate surface area is 152 Å². The van der Waals surface area contributed by atoms with Crippen LogP contribution in [0, 0.1) is 25.2 Å². The van der Waals surface area contributed by atoms with Crippen molar-refractivity contribution in [2.24, 2.45) is 0 Å². The minimum atomic E-state index is -0.878. The second-order valence-corrected chi connectivity index (χ2v) is 5.87. The van der Waals surface area contributed by atoms with Crippen molar-refractivity contribution in [1.29, 1.82) is 5.26 Å². The van der Waals surface area contributed by atoms with Crippen LogP contribution in [0.15, 0.2) is 42.5 Å². The van der Waals surface area contributed by atoms with Gasteiger partial charge in [0.05, 0.1) is 11.6 Å². The molecule has 1 amide bonds. The van der Waals surface area contributed by atoms with Crippen LogP contribution in [0.4, 0.5) is 5.69 Å². The van der Waals surface area contributed by atoms with Crippen LogP contribution in [0.5, 0.6) is 5.75 Å². The van der Waals surface area contributed by atoms with Crippen molar-refractivity contribution in [1.82, 2.24) is 0 Å². The van der Waals surface area contributed by atoms with E-state index < -0.39 is 24.6 Å². The fourth-order valence-electron chi connectivity index (χ4n) is 2.25. The third-order valence-corrected chi connectivity index (χ3v) is 3.63. The maximum atomic E-state index is 12.0. The predicted octanol–water partition coefficient (Wildman–Crippen LogP) is 3.12. The van der Waals surface area contributed by atoms with Crippen molar-refractivity contribution in [2.45, 2.75) is 26.9 Å². The number of nitriles is 1. The zero-order valence-corrected chi connectivity index (χ0v) is 14.9. The summed E-state index contributed by atoms with van der Waals surface area (Å²) in [7, 11) is 0. The number of hydrogen-bond donors (Lipinski definition) is 1. The van der Waals surface area contributed by atoms with Gasteiger partial charge in [-0.1, -0.05) is 17.7 Å². The Hall–Kier alpha value is -3.33. The Morgan fingerprint density at radius 3 is 2.46 bits per heavy atom. The molecular weight excluding hydrogens is 332 g/mol. The molecular formula is C20H20N2O4. The number of nitrogens with zero attached hydrogens (tertiary/aromatic N) is 1. The van der Waals surface area contributed by atoms with Gasteiger partial charge >= 0.3 is 5.97 Å². The van der Waals surface area contributed by atoms with Crippen molar-refractivity contribution >= 4 is 17.6 Å². The van der Waals surface area contributed by atoms with Gasteiger partial charge < -0.3 is 14.8 Å². The molecule has 0 unspecified atom stereocenters. The summed E-state index contributed by atoms with van der Waals surface area (Å²) in [6.45, 7) is 4.99. The summed E-state index contributed by atoms with van der Waals surface area (Å²) in [5, 5.41) is 11.5. The van der Waals surface area contributed by atoms with Crippen molar-refractivity contribution in [3.63, 3.8) is 0 Å². The van der Waals surface area contributed by atoms with Gasteiger partial charge in [0, 0.05) is 5.69 Å². The number of aryl methyl sites for hydroxylation is 2. The highest BCUT2D eigenvalue weighted by atomic mass is 16.6. The molecule has 0 spiro atoms. The fraction of sp³-hybridized carbons (Fsp3) is 0.250. The normalized spacial score (nSPS) is 11.2. The smallest absolute Gasteiger partial charge is 0.347 e. The second-order valence-electron chi connectivity index (χ2n) is 5.87. The summed E-state index contributed by atoms with van der Waals surface area (Å²) >= 11 is 0. The molecule has 0 bridgehead atoms. The molecule has 0 fully saturated rings. The summed E-state index contributed by atoms with van der Waals surface area (Å²) in [5.41, 5.74) is 3.21. The van der Waals surface area contributed by atoms with E-state index in [-0.39, 0.29) is 0 Å². The van der Waals surface area contributed by atoms with E-state index in [1.54, 1.807) is 30.3 Å². The maximum Gasteiger partial charge on any atom is 0.347 e. The molecule has 2 aromatic carbocycles. The Kier molecular flexibility index (Phi) is 6.34. The van der Waals surface area contributed by atoms with E-state index in [9.17, 15) is 9.59 Å². The predicted molar refractivity (Wildman–Crippen MR) is 96.8 cm³/mol. The van der Waals surface area contributed by atoms with Crippen LogP contribution in [0.1, 0.15) is 23.6 Å². The minimum absolute atomic E-state index is 0.396. The molecule has 26 heavy (non-hydrogen) atoms. The average molecular weight is 352 g/mol. The van der Waals surface area contributed by atoms with Gasteiger partial charge in [0.25, 0.3) is 5.91 Å². The van der Waals surface area contributed by atoms with Crippen molar-refractivity contribution in [3.8, 4) is 11.8 Å². The molecule has 1 atom stereocenters. The average Bonchev–Trinajstić information content (AvgIpc) is 2.62. The summed E-state index contributed by atoms with van der Waals surface area (Å²) in [5.74, 6) is -0.630.